The van der Waals surface area contributed by atoms with Crippen molar-refractivity contribution in [3.63, 3.8) is 0 Å². The second kappa shape index (κ2) is 13.0. The minimum Gasteiger partial charge on any atom is -0.466 e. The molecule has 174 valence electrons. The zero-order valence-corrected chi connectivity index (χ0v) is 19.4. The highest BCUT2D eigenvalue weighted by molar-refractivity contribution is 5.80. The van der Waals surface area contributed by atoms with Crippen LogP contribution in [-0.2, 0) is 25.7 Å². The monoisotopic (exact) mass is 441 g/mol. The molecular formula is C26H35NO5. The molecule has 0 fully saturated rings. The van der Waals surface area contributed by atoms with Crippen LogP contribution in [0.5, 0.6) is 0 Å². The van der Waals surface area contributed by atoms with E-state index in [1.165, 1.54) is 0 Å². The topological polar surface area (TPSA) is 76.1 Å². The first-order chi connectivity index (χ1) is 15.3. The third-order valence-electron chi connectivity index (χ3n) is 5.83. The molecule has 0 bridgehead atoms. The molecule has 2 aromatic carbocycles. The molecule has 0 saturated heterocycles. The van der Waals surface area contributed by atoms with Gasteiger partial charge in [0.25, 0.3) is 0 Å². The largest absolute Gasteiger partial charge is 0.466 e. The zero-order valence-electron chi connectivity index (χ0n) is 19.4. The second-order valence-electron chi connectivity index (χ2n) is 8.10. The first-order valence-corrected chi connectivity index (χ1v) is 11.1. The Kier molecular flexibility index (Phi) is 10.4. The van der Waals surface area contributed by atoms with Crippen LogP contribution in [0.4, 0.5) is 0 Å². The number of hydrogen-bond acceptors (Lipinski definition) is 5. The Labute approximate surface area is 191 Å². The molecule has 0 spiro atoms. The van der Waals surface area contributed by atoms with Crippen LogP contribution in [0.3, 0.4) is 0 Å². The Bertz CT molecular complexity index is 827. The summed E-state index contributed by atoms with van der Waals surface area (Å²) in [4.78, 5) is 27.0. The average Bonchev–Trinajstić information content (AvgIpc) is 2.82. The molecule has 0 aliphatic rings. The predicted molar refractivity (Wildman–Crippen MR) is 124 cm³/mol. The summed E-state index contributed by atoms with van der Waals surface area (Å²) in [6.07, 6.45) is -0.714. The Hall–Kier alpha value is -2.70. The molecule has 2 aromatic rings. The number of carbonyl (C=O) groups excluding carboxylic acids is 2. The van der Waals surface area contributed by atoms with Gasteiger partial charge in [0, 0.05) is 18.9 Å². The molecule has 4 atom stereocenters. The second-order valence-corrected chi connectivity index (χ2v) is 8.10. The van der Waals surface area contributed by atoms with Gasteiger partial charge in [-0.15, -0.1) is 0 Å². The van der Waals surface area contributed by atoms with Gasteiger partial charge in [-0.25, -0.2) is 0 Å². The molecule has 0 heterocycles. The van der Waals surface area contributed by atoms with Crippen molar-refractivity contribution in [3.8, 4) is 0 Å². The van der Waals surface area contributed by atoms with Gasteiger partial charge in [0.2, 0.25) is 5.91 Å². The van der Waals surface area contributed by atoms with E-state index in [0.29, 0.717) is 13.2 Å². The van der Waals surface area contributed by atoms with Crippen LogP contribution < -0.4 is 0 Å². The van der Waals surface area contributed by atoms with E-state index in [1.807, 2.05) is 67.6 Å². The molecule has 0 unspecified atom stereocenters. The quantitative estimate of drug-likeness (QED) is 0.504. The van der Waals surface area contributed by atoms with Gasteiger partial charge in [0.1, 0.15) is 0 Å². The maximum atomic E-state index is 13.2. The number of amides is 1. The lowest BCUT2D eigenvalue weighted by molar-refractivity contribution is -0.147. The summed E-state index contributed by atoms with van der Waals surface area (Å²) in [6, 6.07) is 18.6. The first kappa shape index (κ1) is 25.6. The van der Waals surface area contributed by atoms with Crippen molar-refractivity contribution in [2.75, 3.05) is 20.3 Å². The predicted octanol–water partition coefficient (Wildman–Crippen LogP) is 3.99. The highest BCUT2D eigenvalue weighted by Gasteiger charge is 2.32. The van der Waals surface area contributed by atoms with Crippen molar-refractivity contribution in [3.05, 3.63) is 71.8 Å². The summed E-state index contributed by atoms with van der Waals surface area (Å²) >= 11 is 0. The molecule has 6 heteroatoms. The van der Waals surface area contributed by atoms with E-state index in [4.69, 9.17) is 9.47 Å². The Morgan fingerprint density at radius 3 is 2.19 bits per heavy atom. The van der Waals surface area contributed by atoms with E-state index in [2.05, 4.69) is 0 Å². The summed E-state index contributed by atoms with van der Waals surface area (Å²) in [5.74, 6) is -1.31. The van der Waals surface area contributed by atoms with Crippen LogP contribution in [0.2, 0.25) is 0 Å². The van der Waals surface area contributed by atoms with E-state index >= 15 is 0 Å². The molecular weight excluding hydrogens is 406 g/mol. The highest BCUT2D eigenvalue weighted by atomic mass is 16.5. The molecule has 0 aliphatic carbocycles. The van der Waals surface area contributed by atoms with Crippen LogP contribution in [0.15, 0.2) is 60.7 Å². The third kappa shape index (κ3) is 7.46. The molecule has 0 aromatic heterocycles. The lowest BCUT2D eigenvalue weighted by atomic mass is 9.89. The number of esters is 1. The SMILES string of the molecule is CCOC(=O)C[C@H](COCc1ccccc1)[C@H](C)C(=O)N(C)[C@@H](C)[C@@H](O)c1ccccc1. The first-order valence-electron chi connectivity index (χ1n) is 11.1. The van der Waals surface area contributed by atoms with Crippen molar-refractivity contribution < 1.29 is 24.2 Å². The molecule has 6 nitrogen and oxygen atoms in total. The van der Waals surface area contributed by atoms with Crippen LogP contribution in [-0.4, -0.2) is 48.2 Å². The van der Waals surface area contributed by atoms with Gasteiger partial charge < -0.3 is 19.5 Å². The van der Waals surface area contributed by atoms with Gasteiger partial charge in [0.05, 0.1) is 38.4 Å². The lowest BCUT2D eigenvalue weighted by Gasteiger charge is -2.33. The van der Waals surface area contributed by atoms with Crippen molar-refractivity contribution in [2.24, 2.45) is 11.8 Å². The molecule has 1 N–H and O–H groups in total. The standard InChI is InChI=1S/C26H35NO5/c1-5-32-24(28)16-23(18-31-17-21-12-8-6-9-13-21)19(2)26(30)27(4)20(3)25(29)22-14-10-7-11-15-22/h6-15,19-20,23,25,29H,5,16-18H2,1-4H3/t19-,20-,23+,25+/m0/s1. The molecule has 32 heavy (non-hydrogen) atoms. The number of aliphatic hydroxyl groups excluding tert-OH is 1. The maximum absolute atomic E-state index is 13.2. The normalized spacial score (nSPS) is 14.8. The number of rotatable bonds is 12. The number of aliphatic hydroxyl groups is 1. The summed E-state index contributed by atoms with van der Waals surface area (Å²) in [7, 11) is 1.68. The lowest BCUT2D eigenvalue weighted by Crippen LogP contribution is -2.44. The van der Waals surface area contributed by atoms with Gasteiger partial charge in [-0.1, -0.05) is 67.6 Å². The summed E-state index contributed by atoms with van der Waals surface area (Å²) in [6.45, 7) is 6.32. The summed E-state index contributed by atoms with van der Waals surface area (Å²) in [5.41, 5.74) is 1.78. The summed E-state index contributed by atoms with van der Waals surface area (Å²) < 4.78 is 11.0. The summed E-state index contributed by atoms with van der Waals surface area (Å²) in [5, 5.41) is 10.7. The number of nitrogens with zero attached hydrogens (tertiary/aromatic N) is 1. The number of ether oxygens (including phenoxy) is 2. The third-order valence-corrected chi connectivity index (χ3v) is 5.83. The van der Waals surface area contributed by atoms with E-state index in [-0.39, 0.29) is 30.8 Å². The fourth-order valence-corrected chi connectivity index (χ4v) is 3.58. The molecule has 0 saturated carbocycles. The molecule has 0 radical (unpaired) electrons. The van der Waals surface area contributed by atoms with Gasteiger partial charge in [-0.05, 0) is 25.0 Å². The number of hydrogen-bond donors (Lipinski definition) is 1. The van der Waals surface area contributed by atoms with Gasteiger partial charge >= 0.3 is 5.97 Å². The minimum atomic E-state index is -0.810. The van der Waals surface area contributed by atoms with Crippen molar-refractivity contribution in [1.29, 1.82) is 0 Å². The van der Waals surface area contributed by atoms with Crippen LogP contribution in [0.25, 0.3) is 0 Å². The molecule has 2 rings (SSSR count). The number of carbonyl (C=O) groups is 2. The Morgan fingerprint density at radius 1 is 1.00 bits per heavy atom. The number of benzene rings is 2. The fraction of sp³-hybridized carbons (Fsp3) is 0.462. The molecule has 0 aliphatic heterocycles. The fourth-order valence-electron chi connectivity index (χ4n) is 3.58. The minimum absolute atomic E-state index is 0.0962. The molecule has 1 amide bonds. The van der Waals surface area contributed by atoms with Gasteiger partial charge in [0.15, 0.2) is 0 Å². The van der Waals surface area contributed by atoms with E-state index < -0.39 is 18.1 Å². The van der Waals surface area contributed by atoms with Crippen LogP contribution in [0, 0.1) is 11.8 Å². The van der Waals surface area contributed by atoms with Crippen LogP contribution in [0.1, 0.15) is 44.4 Å². The van der Waals surface area contributed by atoms with Crippen LogP contribution >= 0.6 is 0 Å². The average molecular weight is 442 g/mol. The number of likely N-dealkylation sites (N-methyl/N-ethyl adjacent to an activating group) is 1. The Balaban J connectivity index is 2.05. The van der Waals surface area contributed by atoms with E-state index in [0.717, 1.165) is 11.1 Å². The van der Waals surface area contributed by atoms with Crippen molar-refractivity contribution in [2.45, 2.75) is 45.9 Å². The van der Waals surface area contributed by atoms with Gasteiger partial charge in [-0.3, -0.25) is 9.59 Å². The van der Waals surface area contributed by atoms with E-state index in [9.17, 15) is 14.7 Å². The van der Waals surface area contributed by atoms with E-state index in [1.54, 1.807) is 25.8 Å². The maximum Gasteiger partial charge on any atom is 0.306 e. The smallest absolute Gasteiger partial charge is 0.306 e. The van der Waals surface area contributed by atoms with Gasteiger partial charge in [-0.2, -0.15) is 0 Å². The highest BCUT2D eigenvalue weighted by Crippen LogP contribution is 2.25. The zero-order chi connectivity index (χ0) is 23.5. The Morgan fingerprint density at radius 2 is 1.59 bits per heavy atom. The van der Waals surface area contributed by atoms with Crippen molar-refractivity contribution in [1.82, 2.24) is 4.90 Å². The van der Waals surface area contributed by atoms with Crippen molar-refractivity contribution >= 4 is 11.9 Å².